The van der Waals surface area contributed by atoms with Gasteiger partial charge in [-0.25, -0.2) is 0 Å². The average molecular weight is 230 g/mol. The van der Waals surface area contributed by atoms with Crippen LogP contribution in [0, 0.1) is 0 Å². The third kappa shape index (κ3) is 2.19. The highest BCUT2D eigenvalue weighted by molar-refractivity contribution is 9.10. The maximum Gasteiger partial charge on any atom is 0.0745 e. The van der Waals surface area contributed by atoms with Crippen LogP contribution in [0.15, 0.2) is 16.7 Å². The number of halogens is 1. The van der Waals surface area contributed by atoms with E-state index in [-0.39, 0.29) is 0 Å². The van der Waals surface area contributed by atoms with Crippen LogP contribution < -0.4 is 5.73 Å². The first-order valence-corrected chi connectivity index (χ1v) is 4.59. The van der Waals surface area contributed by atoms with Gasteiger partial charge in [-0.2, -0.15) is 5.10 Å². The summed E-state index contributed by atoms with van der Waals surface area (Å²) in [7, 11) is 1.91. The molecule has 0 unspecified atom stereocenters. The van der Waals surface area contributed by atoms with Crippen LogP contribution in [-0.4, -0.2) is 16.3 Å². The number of aryl methyl sites for hydroxylation is 1. The van der Waals surface area contributed by atoms with Gasteiger partial charge in [0.1, 0.15) is 0 Å². The number of rotatable bonds is 3. The third-order valence-corrected chi connectivity index (χ3v) is 2.16. The van der Waals surface area contributed by atoms with E-state index in [0.717, 1.165) is 16.6 Å². The zero-order valence-electron chi connectivity index (χ0n) is 7.00. The predicted octanol–water partition coefficient (Wildman–Crippen LogP) is 1.54. The molecule has 66 valence electrons. The first-order chi connectivity index (χ1) is 5.75. The predicted molar refractivity (Wildman–Crippen MR) is 53.6 cm³/mol. The number of aromatic nitrogens is 2. The number of nitrogens with zero attached hydrogens (tertiary/aromatic N) is 2. The first kappa shape index (κ1) is 9.48. The lowest BCUT2D eigenvalue weighted by Gasteiger charge is -1.94. The molecule has 1 aromatic rings. The monoisotopic (exact) mass is 229 g/mol. The van der Waals surface area contributed by atoms with E-state index < -0.39 is 0 Å². The van der Waals surface area contributed by atoms with Gasteiger partial charge in [-0.3, -0.25) is 4.68 Å². The lowest BCUT2D eigenvalue weighted by molar-refractivity contribution is 0.759. The number of hydrogen-bond acceptors (Lipinski definition) is 2. The molecule has 0 fully saturated rings. The summed E-state index contributed by atoms with van der Waals surface area (Å²) >= 11 is 3.40. The van der Waals surface area contributed by atoms with Crippen LogP contribution in [0.5, 0.6) is 0 Å². The van der Waals surface area contributed by atoms with E-state index in [0.29, 0.717) is 6.54 Å². The van der Waals surface area contributed by atoms with E-state index in [1.807, 2.05) is 23.9 Å². The second-order valence-corrected chi connectivity index (χ2v) is 3.34. The van der Waals surface area contributed by atoms with Crippen molar-refractivity contribution in [1.29, 1.82) is 0 Å². The Morgan fingerprint density at radius 2 is 2.50 bits per heavy atom. The molecular formula is C8H12BrN3. The Labute approximate surface area is 80.4 Å². The van der Waals surface area contributed by atoms with Crippen molar-refractivity contribution in [1.82, 2.24) is 9.78 Å². The highest BCUT2D eigenvalue weighted by Crippen LogP contribution is 2.16. The second-order valence-electron chi connectivity index (χ2n) is 2.48. The maximum absolute atomic E-state index is 5.36. The van der Waals surface area contributed by atoms with Gasteiger partial charge in [-0.1, -0.05) is 6.08 Å². The summed E-state index contributed by atoms with van der Waals surface area (Å²) in [4.78, 5) is 0. The largest absolute Gasteiger partial charge is 0.330 e. The van der Waals surface area contributed by atoms with Crippen molar-refractivity contribution in [2.75, 3.05) is 6.54 Å². The lowest BCUT2D eigenvalue weighted by atomic mass is 10.3. The summed E-state index contributed by atoms with van der Waals surface area (Å²) in [6.45, 7) is 0.686. The molecule has 4 heteroatoms. The lowest BCUT2D eigenvalue weighted by Crippen LogP contribution is -1.96. The van der Waals surface area contributed by atoms with Gasteiger partial charge in [0, 0.05) is 7.05 Å². The first-order valence-electron chi connectivity index (χ1n) is 3.80. The molecule has 12 heavy (non-hydrogen) atoms. The fraction of sp³-hybridized carbons (Fsp3) is 0.375. The minimum absolute atomic E-state index is 0.686. The van der Waals surface area contributed by atoms with Gasteiger partial charge in [0.2, 0.25) is 0 Å². The smallest absolute Gasteiger partial charge is 0.0745 e. The minimum Gasteiger partial charge on any atom is -0.330 e. The number of nitrogens with two attached hydrogens (primary N) is 1. The molecule has 0 radical (unpaired) electrons. The van der Waals surface area contributed by atoms with Crippen molar-refractivity contribution in [2.45, 2.75) is 6.42 Å². The standard InChI is InChI=1S/C8H12BrN3/c1-12-8(4-2-3-5-10)7(9)6-11-12/h2,4,6H,3,5,10H2,1H3/b4-2+. The van der Waals surface area contributed by atoms with Crippen LogP contribution in [0.1, 0.15) is 12.1 Å². The zero-order valence-corrected chi connectivity index (χ0v) is 8.58. The van der Waals surface area contributed by atoms with Gasteiger partial charge < -0.3 is 5.73 Å². The highest BCUT2D eigenvalue weighted by atomic mass is 79.9. The van der Waals surface area contributed by atoms with E-state index in [4.69, 9.17) is 5.73 Å². The summed E-state index contributed by atoms with van der Waals surface area (Å²) in [5.41, 5.74) is 6.43. The molecule has 3 nitrogen and oxygen atoms in total. The van der Waals surface area contributed by atoms with E-state index in [2.05, 4.69) is 21.0 Å². The topological polar surface area (TPSA) is 43.8 Å². The molecule has 2 N–H and O–H groups in total. The molecule has 1 heterocycles. The Morgan fingerprint density at radius 1 is 1.75 bits per heavy atom. The maximum atomic E-state index is 5.36. The second kappa shape index (κ2) is 4.42. The quantitative estimate of drug-likeness (QED) is 0.855. The van der Waals surface area contributed by atoms with E-state index in [9.17, 15) is 0 Å². The van der Waals surface area contributed by atoms with E-state index in [1.54, 1.807) is 6.20 Å². The zero-order chi connectivity index (χ0) is 8.97. The molecule has 0 aliphatic rings. The van der Waals surface area contributed by atoms with Crippen LogP contribution in [0.4, 0.5) is 0 Å². The average Bonchev–Trinajstić information content (AvgIpc) is 2.35. The fourth-order valence-electron chi connectivity index (χ4n) is 0.899. The summed E-state index contributed by atoms with van der Waals surface area (Å²) in [5, 5.41) is 4.08. The molecule has 0 aliphatic heterocycles. The van der Waals surface area contributed by atoms with Gasteiger partial charge in [-0.05, 0) is 35.0 Å². The molecule has 0 saturated heterocycles. The van der Waals surface area contributed by atoms with E-state index >= 15 is 0 Å². The van der Waals surface area contributed by atoms with Gasteiger partial charge in [0.05, 0.1) is 16.4 Å². The molecule has 0 spiro atoms. The van der Waals surface area contributed by atoms with E-state index in [1.165, 1.54) is 0 Å². The third-order valence-electron chi connectivity index (χ3n) is 1.55. The molecule has 1 rings (SSSR count). The van der Waals surface area contributed by atoms with Gasteiger partial charge in [0.25, 0.3) is 0 Å². The van der Waals surface area contributed by atoms with Crippen molar-refractivity contribution in [3.8, 4) is 0 Å². The summed E-state index contributed by atoms with van der Waals surface area (Å²) < 4.78 is 2.83. The molecule has 0 atom stereocenters. The summed E-state index contributed by atoms with van der Waals surface area (Å²) in [6.07, 6.45) is 6.74. The molecule has 0 aliphatic carbocycles. The van der Waals surface area contributed by atoms with Crippen LogP contribution in [0.25, 0.3) is 6.08 Å². The Kier molecular flexibility index (Phi) is 3.49. The Hall–Kier alpha value is -0.610. The number of hydrogen-bond donors (Lipinski definition) is 1. The van der Waals surface area contributed by atoms with Crippen molar-refractivity contribution in [3.05, 3.63) is 22.4 Å². The molecule has 0 bridgehead atoms. The molecule has 0 saturated carbocycles. The fourth-order valence-corrected chi connectivity index (χ4v) is 1.38. The molecule has 1 aromatic heterocycles. The van der Waals surface area contributed by atoms with Crippen molar-refractivity contribution >= 4 is 22.0 Å². The summed E-state index contributed by atoms with van der Waals surface area (Å²) in [6, 6.07) is 0. The summed E-state index contributed by atoms with van der Waals surface area (Å²) in [5.74, 6) is 0. The molecule has 0 amide bonds. The SMILES string of the molecule is Cn1ncc(Br)c1/C=C/CCN. The van der Waals surface area contributed by atoms with Crippen LogP contribution in [0.2, 0.25) is 0 Å². The van der Waals surface area contributed by atoms with Crippen LogP contribution in [0.3, 0.4) is 0 Å². The Balaban J connectivity index is 2.73. The molecule has 0 aromatic carbocycles. The minimum atomic E-state index is 0.686. The van der Waals surface area contributed by atoms with Gasteiger partial charge in [-0.15, -0.1) is 0 Å². The van der Waals surface area contributed by atoms with Crippen LogP contribution >= 0.6 is 15.9 Å². The van der Waals surface area contributed by atoms with Crippen LogP contribution in [-0.2, 0) is 7.05 Å². The Morgan fingerprint density at radius 3 is 3.00 bits per heavy atom. The van der Waals surface area contributed by atoms with Crippen molar-refractivity contribution < 1.29 is 0 Å². The Bertz CT molecular complexity index is 258. The van der Waals surface area contributed by atoms with Crippen molar-refractivity contribution in [3.63, 3.8) is 0 Å². The van der Waals surface area contributed by atoms with Gasteiger partial charge >= 0.3 is 0 Å². The highest BCUT2D eigenvalue weighted by Gasteiger charge is 1.99. The normalized spacial score (nSPS) is 11.2. The molecular weight excluding hydrogens is 218 g/mol. The van der Waals surface area contributed by atoms with Gasteiger partial charge in [0.15, 0.2) is 0 Å². The van der Waals surface area contributed by atoms with Crippen molar-refractivity contribution in [2.24, 2.45) is 12.8 Å².